The van der Waals surface area contributed by atoms with E-state index in [1.165, 1.54) is 0 Å². The van der Waals surface area contributed by atoms with Gasteiger partial charge in [-0.25, -0.2) is 4.79 Å². The highest BCUT2D eigenvalue weighted by molar-refractivity contribution is 5.86. The number of carbonyl (C=O) groups excluding carboxylic acids is 1. The minimum absolute atomic E-state index is 0.418. The van der Waals surface area contributed by atoms with E-state index in [1.807, 2.05) is 0 Å². The molecule has 0 aliphatic carbocycles. The number of benzene rings is 1. The molecule has 2 aromatic rings. The first kappa shape index (κ1) is 11.9. The second kappa shape index (κ2) is 5.67. The van der Waals surface area contributed by atoms with Gasteiger partial charge in [0.1, 0.15) is 11.5 Å². The van der Waals surface area contributed by atoms with Crippen molar-refractivity contribution < 1.29 is 14.3 Å². The van der Waals surface area contributed by atoms with Gasteiger partial charge in [0.15, 0.2) is 0 Å². The molecule has 0 unspecified atom stereocenters. The highest BCUT2D eigenvalue weighted by Gasteiger charge is 2.05. The third-order valence-corrected chi connectivity index (χ3v) is 2.18. The van der Waals surface area contributed by atoms with Gasteiger partial charge in [-0.1, -0.05) is 6.07 Å². The van der Waals surface area contributed by atoms with Gasteiger partial charge in [0.25, 0.3) is 0 Å². The van der Waals surface area contributed by atoms with Gasteiger partial charge in [-0.3, -0.25) is 10.3 Å². The predicted octanol–water partition coefficient (Wildman–Crippen LogP) is 2.70. The summed E-state index contributed by atoms with van der Waals surface area (Å²) >= 11 is 0. The van der Waals surface area contributed by atoms with E-state index in [0.29, 0.717) is 17.2 Å². The molecule has 0 atom stereocenters. The average molecular weight is 244 g/mol. The van der Waals surface area contributed by atoms with E-state index in [-0.39, 0.29) is 0 Å². The Balaban J connectivity index is 1.99. The highest BCUT2D eigenvalue weighted by Crippen LogP contribution is 2.19. The molecule has 92 valence electrons. The largest absolute Gasteiger partial charge is 0.497 e. The average Bonchev–Trinajstić information content (AvgIpc) is 2.40. The zero-order valence-corrected chi connectivity index (χ0v) is 9.79. The first-order valence-electron chi connectivity index (χ1n) is 5.31. The minimum atomic E-state index is -0.561. The van der Waals surface area contributed by atoms with E-state index in [1.54, 1.807) is 55.9 Å². The molecular weight excluding hydrogens is 232 g/mol. The normalized spacial score (nSPS) is 9.61. The summed E-state index contributed by atoms with van der Waals surface area (Å²) in [4.78, 5) is 15.4. The van der Waals surface area contributed by atoms with Gasteiger partial charge in [-0.2, -0.15) is 0 Å². The Bertz CT molecular complexity index is 529. The Morgan fingerprint density at radius 1 is 1.17 bits per heavy atom. The SMILES string of the molecule is COc1cccc(OC(=O)Nc2ccncc2)c1. The van der Waals surface area contributed by atoms with Crippen molar-refractivity contribution in [2.24, 2.45) is 0 Å². The Morgan fingerprint density at radius 2 is 1.89 bits per heavy atom. The lowest BCUT2D eigenvalue weighted by Gasteiger charge is -2.07. The molecule has 5 heteroatoms. The van der Waals surface area contributed by atoms with E-state index >= 15 is 0 Å². The van der Waals surface area contributed by atoms with Crippen LogP contribution in [0.1, 0.15) is 0 Å². The summed E-state index contributed by atoms with van der Waals surface area (Å²) < 4.78 is 10.1. The second-order valence-electron chi connectivity index (χ2n) is 3.43. The number of pyridine rings is 1. The van der Waals surface area contributed by atoms with E-state index in [4.69, 9.17) is 9.47 Å². The second-order valence-corrected chi connectivity index (χ2v) is 3.43. The fraction of sp³-hybridized carbons (Fsp3) is 0.0769. The lowest BCUT2D eigenvalue weighted by molar-refractivity contribution is 0.215. The molecule has 0 saturated heterocycles. The number of methoxy groups -OCH3 is 1. The van der Waals surface area contributed by atoms with Crippen molar-refractivity contribution >= 4 is 11.8 Å². The standard InChI is InChI=1S/C13H12N2O3/c1-17-11-3-2-4-12(9-11)18-13(16)15-10-5-7-14-8-6-10/h2-9H,1H3,(H,14,15,16). The molecule has 1 aromatic heterocycles. The monoisotopic (exact) mass is 244 g/mol. The Hall–Kier alpha value is -2.56. The first-order chi connectivity index (χ1) is 8.78. The first-order valence-corrected chi connectivity index (χ1v) is 5.31. The van der Waals surface area contributed by atoms with Gasteiger partial charge in [-0.15, -0.1) is 0 Å². The fourth-order valence-electron chi connectivity index (χ4n) is 1.35. The molecule has 0 aliphatic rings. The molecule has 0 aliphatic heterocycles. The van der Waals surface area contributed by atoms with Gasteiger partial charge >= 0.3 is 6.09 Å². The third kappa shape index (κ3) is 3.21. The fourth-order valence-corrected chi connectivity index (χ4v) is 1.35. The molecule has 0 saturated carbocycles. The molecule has 5 nitrogen and oxygen atoms in total. The molecular formula is C13H12N2O3. The Kier molecular flexibility index (Phi) is 3.76. The summed E-state index contributed by atoms with van der Waals surface area (Å²) in [5.41, 5.74) is 0.623. The molecule has 0 radical (unpaired) electrons. The van der Waals surface area contributed by atoms with Crippen LogP contribution in [-0.4, -0.2) is 18.2 Å². The number of anilines is 1. The van der Waals surface area contributed by atoms with Crippen molar-refractivity contribution in [1.82, 2.24) is 4.98 Å². The number of rotatable bonds is 3. The number of nitrogens with zero attached hydrogens (tertiary/aromatic N) is 1. The molecule has 1 aromatic carbocycles. The number of carbonyl (C=O) groups is 1. The van der Waals surface area contributed by atoms with Crippen LogP contribution < -0.4 is 14.8 Å². The quantitative estimate of drug-likeness (QED) is 0.901. The van der Waals surface area contributed by atoms with Crippen LogP contribution >= 0.6 is 0 Å². The summed E-state index contributed by atoms with van der Waals surface area (Å²) in [5, 5.41) is 2.59. The summed E-state index contributed by atoms with van der Waals surface area (Å²) in [6.07, 6.45) is 2.61. The highest BCUT2D eigenvalue weighted by atomic mass is 16.6. The number of hydrogen-bond acceptors (Lipinski definition) is 4. The number of amides is 1. The topological polar surface area (TPSA) is 60.5 Å². The van der Waals surface area contributed by atoms with Gasteiger partial charge < -0.3 is 9.47 Å². The van der Waals surface area contributed by atoms with Crippen LogP contribution in [0.5, 0.6) is 11.5 Å². The van der Waals surface area contributed by atoms with Gasteiger partial charge in [0.2, 0.25) is 0 Å². The van der Waals surface area contributed by atoms with Crippen molar-refractivity contribution in [3.63, 3.8) is 0 Å². The summed E-state index contributed by atoms with van der Waals surface area (Å²) in [7, 11) is 1.55. The third-order valence-electron chi connectivity index (χ3n) is 2.18. The summed E-state index contributed by atoms with van der Waals surface area (Å²) in [6, 6.07) is 10.2. The molecule has 0 spiro atoms. The lowest BCUT2D eigenvalue weighted by Crippen LogP contribution is -2.16. The van der Waals surface area contributed by atoms with Crippen molar-refractivity contribution in [3.8, 4) is 11.5 Å². The zero-order chi connectivity index (χ0) is 12.8. The minimum Gasteiger partial charge on any atom is -0.497 e. The number of nitrogens with one attached hydrogen (secondary N) is 1. The Labute approximate surface area is 104 Å². The smallest absolute Gasteiger partial charge is 0.417 e. The van der Waals surface area contributed by atoms with Crippen LogP contribution in [0.15, 0.2) is 48.8 Å². The van der Waals surface area contributed by atoms with Crippen LogP contribution in [-0.2, 0) is 0 Å². The van der Waals surface area contributed by atoms with Crippen molar-refractivity contribution in [3.05, 3.63) is 48.8 Å². The molecule has 18 heavy (non-hydrogen) atoms. The Morgan fingerprint density at radius 3 is 2.61 bits per heavy atom. The van der Waals surface area contributed by atoms with E-state index < -0.39 is 6.09 Å². The van der Waals surface area contributed by atoms with E-state index in [2.05, 4.69) is 10.3 Å². The number of hydrogen-bond donors (Lipinski definition) is 1. The van der Waals surface area contributed by atoms with Gasteiger partial charge in [0.05, 0.1) is 7.11 Å². The van der Waals surface area contributed by atoms with Crippen LogP contribution in [0.2, 0.25) is 0 Å². The predicted molar refractivity (Wildman–Crippen MR) is 66.9 cm³/mol. The molecule has 1 heterocycles. The maximum atomic E-state index is 11.6. The van der Waals surface area contributed by atoms with Crippen LogP contribution in [0.4, 0.5) is 10.5 Å². The number of ether oxygens (including phenoxy) is 2. The molecule has 2 rings (SSSR count). The summed E-state index contributed by atoms with van der Waals surface area (Å²) in [6.45, 7) is 0. The zero-order valence-electron chi connectivity index (χ0n) is 9.79. The molecule has 1 N–H and O–H groups in total. The molecule has 0 bridgehead atoms. The lowest BCUT2D eigenvalue weighted by atomic mass is 10.3. The van der Waals surface area contributed by atoms with E-state index in [9.17, 15) is 4.79 Å². The maximum Gasteiger partial charge on any atom is 0.417 e. The van der Waals surface area contributed by atoms with Crippen LogP contribution in [0.25, 0.3) is 0 Å². The van der Waals surface area contributed by atoms with Gasteiger partial charge in [-0.05, 0) is 24.3 Å². The number of aromatic nitrogens is 1. The molecule has 1 amide bonds. The summed E-state index contributed by atoms with van der Waals surface area (Å²) in [5.74, 6) is 1.05. The molecule has 0 fully saturated rings. The van der Waals surface area contributed by atoms with Gasteiger partial charge in [0, 0.05) is 24.1 Å². The van der Waals surface area contributed by atoms with E-state index in [0.717, 1.165) is 0 Å². The van der Waals surface area contributed by atoms with Crippen molar-refractivity contribution in [2.45, 2.75) is 0 Å². The maximum absolute atomic E-state index is 11.6. The van der Waals surface area contributed by atoms with Crippen molar-refractivity contribution in [2.75, 3.05) is 12.4 Å². The van der Waals surface area contributed by atoms with Crippen molar-refractivity contribution in [1.29, 1.82) is 0 Å². The van der Waals surface area contributed by atoms with Crippen LogP contribution in [0, 0.1) is 0 Å². The van der Waals surface area contributed by atoms with Crippen LogP contribution in [0.3, 0.4) is 0 Å².